The van der Waals surface area contributed by atoms with Crippen LogP contribution < -0.4 is 15.4 Å². The summed E-state index contributed by atoms with van der Waals surface area (Å²) in [6.07, 6.45) is 0.429. The van der Waals surface area contributed by atoms with Gasteiger partial charge in [-0.2, -0.15) is 0 Å². The minimum atomic E-state index is -0.711. The number of carbonyl (C=O) groups is 4. The first-order valence-electron chi connectivity index (χ1n) is 9.61. The van der Waals surface area contributed by atoms with Gasteiger partial charge in [0.25, 0.3) is 5.91 Å². The minimum Gasteiger partial charge on any atom is -0.410 e. The van der Waals surface area contributed by atoms with Gasteiger partial charge < -0.3 is 19.7 Å². The standard InChI is InChI=1S/C22H23N3O5/c1-14-19-12-15(24-22(29)30-17-6-4-3-5-7-17)8-10-18(19)21(28)25(14)16(13-26)9-11-20(27)23-2/h3-8,10,12-14,16H,9,11H2,1-2H3,(H,23,27)(H,24,29)/t14-,16+/m1/s1. The molecule has 1 aliphatic heterocycles. The fourth-order valence-electron chi connectivity index (χ4n) is 3.50. The van der Waals surface area contributed by atoms with Crippen LogP contribution in [0.4, 0.5) is 10.5 Å². The van der Waals surface area contributed by atoms with E-state index in [1.807, 2.05) is 13.0 Å². The Bertz CT molecular complexity index is 961. The molecule has 8 nitrogen and oxygen atoms in total. The Morgan fingerprint density at radius 3 is 2.60 bits per heavy atom. The summed E-state index contributed by atoms with van der Waals surface area (Å²) in [5.41, 5.74) is 1.64. The van der Waals surface area contributed by atoms with Gasteiger partial charge in [0, 0.05) is 24.7 Å². The van der Waals surface area contributed by atoms with Gasteiger partial charge in [0.1, 0.15) is 12.0 Å². The molecule has 3 amide bonds. The molecule has 0 aliphatic carbocycles. The molecule has 3 rings (SSSR count). The van der Waals surface area contributed by atoms with Gasteiger partial charge in [0.15, 0.2) is 0 Å². The van der Waals surface area contributed by atoms with Crippen molar-refractivity contribution in [1.29, 1.82) is 0 Å². The monoisotopic (exact) mass is 409 g/mol. The van der Waals surface area contributed by atoms with E-state index in [1.54, 1.807) is 42.5 Å². The van der Waals surface area contributed by atoms with Crippen molar-refractivity contribution in [3.05, 3.63) is 59.7 Å². The average Bonchev–Trinajstić information content (AvgIpc) is 2.99. The number of para-hydroxylation sites is 1. The van der Waals surface area contributed by atoms with E-state index in [0.717, 1.165) is 0 Å². The third-order valence-corrected chi connectivity index (χ3v) is 5.04. The van der Waals surface area contributed by atoms with Gasteiger partial charge in [0.2, 0.25) is 5.91 Å². The number of ether oxygens (including phenoxy) is 1. The summed E-state index contributed by atoms with van der Waals surface area (Å²) in [5.74, 6) is -0.0529. The number of rotatable bonds is 7. The van der Waals surface area contributed by atoms with Crippen molar-refractivity contribution >= 4 is 29.9 Å². The van der Waals surface area contributed by atoms with Gasteiger partial charge in [-0.25, -0.2) is 4.79 Å². The van der Waals surface area contributed by atoms with E-state index in [0.29, 0.717) is 28.8 Å². The Kier molecular flexibility index (Phi) is 6.46. The number of hydrogen-bond acceptors (Lipinski definition) is 5. The molecule has 0 radical (unpaired) electrons. The van der Waals surface area contributed by atoms with Gasteiger partial charge in [-0.1, -0.05) is 18.2 Å². The van der Waals surface area contributed by atoms with Crippen LogP contribution in [-0.4, -0.2) is 42.2 Å². The number of fused-ring (bicyclic) bond motifs is 1. The molecule has 0 saturated heterocycles. The Morgan fingerprint density at radius 1 is 1.20 bits per heavy atom. The molecule has 0 saturated carbocycles. The van der Waals surface area contributed by atoms with Crippen LogP contribution in [0.3, 0.4) is 0 Å². The smallest absolute Gasteiger partial charge is 0.410 e. The summed E-state index contributed by atoms with van der Waals surface area (Å²) < 4.78 is 5.22. The molecule has 0 aromatic heterocycles. The average molecular weight is 409 g/mol. The first kappa shape index (κ1) is 21.0. The van der Waals surface area contributed by atoms with Gasteiger partial charge in [-0.05, 0) is 49.2 Å². The molecule has 2 aromatic carbocycles. The zero-order valence-corrected chi connectivity index (χ0v) is 16.8. The van der Waals surface area contributed by atoms with E-state index in [2.05, 4.69) is 10.6 Å². The van der Waals surface area contributed by atoms with Gasteiger partial charge in [-0.15, -0.1) is 0 Å². The highest BCUT2D eigenvalue weighted by molar-refractivity contribution is 6.01. The molecule has 0 fully saturated rings. The molecule has 156 valence electrons. The molecular formula is C22H23N3O5. The van der Waals surface area contributed by atoms with Crippen LogP contribution in [0.1, 0.15) is 41.7 Å². The Morgan fingerprint density at radius 2 is 1.93 bits per heavy atom. The highest BCUT2D eigenvalue weighted by Crippen LogP contribution is 2.37. The van der Waals surface area contributed by atoms with Crippen LogP contribution in [-0.2, 0) is 9.59 Å². The zero-order valence-electron chi connectivity index (χ0n) is 16.8. The van der Waals surface area contributed by atoms with E-state index >= 15 is 0 Å². The first-order chi connectivity index (χ1) is 14.4. The first-order valence-corrected chi connectivity index (χ1v) is 9.61. The van der Waals surface area contributed by atoms with Crippen molar-refractivity contribution in [3.8, 4) is 5.75 Å². The second-order valence-electron chi connectivity index (χ2n) is 6.93. The SMILES string of the molecule is CNC(=O)CC[C@@H](C=O)N1C(=O)c2ccc(NC(=O)Oc3ccccc3)cc2[C@H]1C. The number of nitrogens with one attached hydrogen (secondary N) is 2. The normalized spacial score (nSPS) is 15.9. The molecule has 2 atom stereocenters. The second-order valence-corrected chi connectivity index (χ2v) is 6.93. The second kappa shape index (κ2) is 9.21. The fourth-order valence-corrected chi connectivity index (χ4v) is 3.50. The highest BCUT2D eigenvalue weighted by atomic mass is 16.6. The van der Waals surface area contributed by atoms with Crippen molar-refractivity contribution < 1.29 is 23.9 Å². The highest BCUT2D eigenvalue weighted by Gasteiger charge is 2.38. The molecule has 8 heteroatoms. The molecule has 0 unspecified atom stereocenters. The fraction of sp³-hybridized carbons (Fsp3) is 0.273. The van der Waals surface area contributed by atoms with Gasteiger partial charge >= 0.3 is 6.09 Å². The largest absolute Gasteiger partial charge is 0.417 e. The van der Waals surface area contributed by atoms with Crippen LogP contribution in [0.15, 0.2) is 48.5 Å². The molecule has 30 heavy (non-hydrogen) atoms. The summed E-state index contributed by atoms with van der Waals surface area (Å²) in [7, 11) is 1.52. The van der Waals surface area contributed by atoms with E-state index in [4.69, 9.17) is 4.74 Å². The number of nitrogens with zero attached hydrogens (tertiary/aromatic N) is 1. The molecular weight excluding hydrogens is 386 g/mol. The quantitative estimate of drug-likeness (QED) is 0.684. The lowest BCUT2D eigenvalue weighted by atomic mass is 10.0. The number of benzene rings is 2. The van der Waals surface area contributed by atoms with Crippen molar-refractivity contribution in [2.75, 3.05) is 12.4 Å². The summed E-state index contributed by atoms with van der Waals surface area (Å²) in [4.78, 5) is 49.6. The van der Waals surface area contributed by atoms with Crippen molar-refractivity contribution in [2.24, 2.45) is 0 Å². The van der Waals surface area contributed by atoms with Crippen LogP contribution >= 0.6 is 0 Å². The Balaban J connectivity index is 1.73. The van der Waals surface area contributed by atoms with Crippen molar-refractivity contribution in [2.45, 2.75) is 31.8 Å². The number of aldehydes is 1. The lowest BCUT2D eigenvalue weighted by molar-refractivity contribution is -0.121. The molecule has 2 aromatic rings. The Hall–Kier alpha value is -3.68. The van der Waals surface area contributed by atoms with E-state index in [9.17, 15) is 19.2 Å². The van der Waals surface area contributed by atoms with Crippen molar-refractivity contribution in [3.63, 3.8) is 0 Å². The molecule has 1 aliphatic rings. The predicted octanol–water partition coefficient (Wildman–Crippen LogP) is 2.91. The predicted molar refractivity (Wildman–Crippen MR) is 110 cm³/mol. The van der Waals surface area contributed by atoms with E-state index in [1.165, 1.54) is 11.9 Å². The van der Waals surface area contributed by atoms with Crippen molar-refractivity contribution in [1.82, 2.24) is 10.2 Å². The van der Waals surface area contributed by atoms with E-state index < -0.39 is 12.1 Å². The maximum atomic E-state index is 12.9. The lowest BCUT2D eigenvalue weighted by Gasteiger charge is -2.28. The maximum Gasteiger partial charge on any atom is 0.417 e. The minimum absolute atomic E-state index is 0.144. The topological polar surface area (TPSA) is 105 Å². The number of amides is 3. The van der Waals surface area contributed by atoms with Gasteiger partial charge in [-0.3, -0.25) is 14.9 Å². The zero-order chi connectivity index (χ0) is 21.7. The summed E-state index contributed by atoms with van der Waals surface area (Å²) in [6, 6.07) is 12.5. The van der Waals surface area contributed by atoms with Gasteiger partial charge in [0.05, 0.1) is 12.1 Å². The lowest BCUT2D eigenvalue weighted by Crippen LogP contribution is -2.39. The molecule has 0 bridgehead atoms. The number of hydrogen-bond donors (Lipinski definition) is 2. The number of carbonyl (C=O) groups excluding carboxylic acids is 4. The summed E-state index contributed by atoms with van der Waals surface area (Å²) >= 11 is 0. The van der Waals surface area contributed by atoms with Crippen LogP contribution in [0.25, 0.3) is 0 Å². The number of anilines is 1. The molecule has 0 spiro atoms. The van der Waals surface area contributed by atoms with E-state index in [-0.39, 0.29) is 30.7 Å². The summed E-state index contributed by atoms with van der Waals surface area (Å²) in [6.45, 7) is 1.81. The third kappa shape index (κ3) is 4.48. The van der Waals surface area contributed by atoms with Crippen LogP contribution in [0.2, 0.25) is 0 Å². The third-order valence-electron chi connectivity index (χ3n) is 5.04. The Labute approximate surface area is 174 Å². The maximum absolute atomic E-state index is 12.9. The molecule has 2 N–H and O–H groups in total. The summed E-state index contributed by atoms with van der Waals surface area (Å²) in [5, 5.41) is 5.15. The van der Waals surface area contributed by atoms with Crippen LogP contribution in [0.5, 0.6) is 5.75 Å². The molecule has 1 heterocycles. The van der Waals surface area contributed by atoms with Crippen LogP contribution in [0, 0.1) is 0 Å².